The van der Waals surface area contributed by atoms with Crippen LogP contribution in [0.2, 0.25) is 0 Å². The van der Waals surface area contributed by atoms with Gasteiger partial charge in [0.25, 0.3) is 0 Å². The zero-order valence-electron chi connectivity index (χ0n) is 11.4. The molecule has 102 valence electrons. The molecule has 0 radical (unpaired) electrons. The third-order valence-corrected chi connectivity index (χ3v) is 2.12. The molecule has 17 heavy (non-hydrogen) atoms. The molecule has 5 heteroatoms. The maximum atomic E-state index is 11.0. The van der Waals surface area contributed by atoms with Crippen molar-refractivity contribution in [2.24, 2.45) is 11.7 Å². The Balaban J connectivity index is 4.29. The van der Waals surface area contributed by atoms with E-state index in [9.17, 15) is 4.79 Å². The number of amides is 1. The normalized spacial score (nSPS) is 11.7. The van der Waals surface area contributed by atoms with Gasteiger partial charge in [0.2, 0.25) is 5.91 Å². The smallest absolute Gasteiger partial charge is 0.231 e. The molecule has 0 bridgehead atoms. The molecule has 0 saturated carbocycles. The number of hydrogen-bond donors (Lipinski definition) is 1. The van der Waals surface area contributed by atoms with Crippen LogP contribution in [0.25, 0.3) is 0 Å². The number of ether oxygens (including phenoxy) is 2. The molecule has 0 aromatic rings. The lowest BCUT2D eigenvalue weighted by atomic mass is 10.2. The fraction of sp³-hybridized carbons (Fsp3) is 0.917. The van der Waals surface area contributed by atoms with Crippen LogP contribution >= 0.6 is 0 Å². The highest BCUT2D eigenvalue weighted by molar-refractivity contribution is 5.75. The molecule has 0 heterocycles. The van der Waals surface area contributed by atoms with Crippen LogP contribution in [-0.4, -0.2) is 49.9 Å². The van der Waals surface area contributed by atoms with Gasteiger partial charge in [-0.1, -0.05) is 13.8 Å². The summed E-state index contributed by atoms with van der Waals surface area (Å²) in [5, 5.41) is 0. The molecule has 0 fully saturated rings. The van der Waals surface area contributed by atoms with E-state index < -0.39 is 0 Å². The van der Waals surface area contributed by atoms with Crippen molar-refractivity contribution in [2.75, 3.05) is 32.8 Å². The van der Waals surface area contributed by atoms with Crippen LogP contribution in [0.4, 0.5) is 0 Å². The molecule has 0 aliphatic carbocycles. The highest BCUT2D eigenvalue weighted by Gasteiger charge is 2.17. The predicted octanol–water partition coefficient (Wildman–Crippen LogP) is 0.829. The van der Waals surface area contributed by atoms with E-state index in [4.69, 9.17) is 15.2 Å². The monoisotopic (exact) mass is 246 g/mol. The largest absolute Gasteiger partial charge is 0.369 e. The van der Waals surface area contributed by atoms with Crippen LogP contribution in [0, 0.1) is 5.92 Å². The SMILES string of the molecule is CCOC(CN(CC(N)=O)CC(C)C)OCC. The van der Waals surface area contributed by atoms with Gasteiger partial charge in [0.05, 0.1) is 13.1 Å². The van der Waals surface area contributed by atoms with Crippen molar-refractivity contribution in [3.63, 3.8) is 0 Å². The van der Waals surface area contributed by atoms with Gasteiger partial charge in [-0.2, -0.15) is 0 Å². The van der Waals surface area contributed by atoms with Crippen LogP contribution in [0.5, 0.6) is 0 Å². The molecule has 0 saturated heterocycles. The van der Waals surface area contributed by atoms with Crippen molar-refractivity contribution in [3.8, 4) is 0 Å². The number of hydrogen-bond acceptors (Lipinski definition) is 4. The van der Waals surface area contributed by atoms with Crippen LogP contribution < -0.4 is 5.73 Å². The van der Waals surface area contributed by atoms with Crippen LogP contribution in [0.3, 0.4) is 0 Å². The third-order valence-electron chi connectivity index (χ3n) is 2.12. The van der Waals surface area contributed by atoms with E-state index >= 15 is 0 Å². The van der Waals surface area contributed by atoms with Crippen molar-refractivity contribution in [2.45, 2.75) is 34.0 Å². The quantitative estimate of drug-likeness (QED) is 0.580. The summed E-state index contributed by atoms with van der Waals surface area (Å²) in [6, 6.07) is 0. The number of nitrogens with two attached hydrogens (primary N) is 1. The topological polar surface area (TPSA) is 64.8 Å². The van der Waals surface area contributed by atoms with E-state index in [-0.39, 0.29) is 18.7 Å². The number of rotatable bonds is 10. The number of carbonyl (C=O) groups excluding carboxylic acids is 1. The van der Waals surface area contributed by atoms with Gasteiger partial charge in [0.1, 0.15) is 0 Å². The van der Waals surface area contributed by atoms with Crippen LogP contribution in [-0.2, 0) is 14.3 Å². The summed E-state index contributed by atoms with van der Waals surface area (Å²) in [7, 11) is 0. The second-order valence-electron chi connectivity index (χ2n) is 4.39. The minimum Gasteiger partial charge on any atom is -0.369 e. The Morgan fingerprint density at radius 1 is 1.18 bits per heavy atom. The third kappa shape index (κ3) is 9.09. The first-order valence-electron chi connectivity index (χ1n) is 6.23. The average Bonchev–Trinajstić information content (AvgIpc) is 2.15. The highest BCUT2D eigenvalue weighted by Crippen LogP contribution is 2.03. The first-order valence-corrected chi connectivity index (χ1v) is 6.23. The number of nitrogens with zero attached hydrogens (tertiary/aromatic N) is 1. The Morgan fingerprint density at radius 3 is 2.06 bits per heavy atom. The second-order valence-corrected chi connectivity index (χ2v) is 4.39. The fourth-order valence-corrected chi connectivity index (χ4v) is 1.68. The molecule has 5 nitrogen and oxygen atoms in total. The van der Waals surface area contributed by atoms with E-state index in [1.807, 2.05) is 18.7 Å². The molecule has 0 aromatic heterocycles. The molecular formula is C12H26N2O3. The minimum atomic E-state index is -0.322. The number of carbonyl (C=O) groups is 1. The molecule has 0 spiro atoms. The summed E-state index contributed by atoms with van der Waals surface area (Å²) in [5.74, 6) is 0.149. The molecular weight excluding hydrogens is 220 g/mol. The van der Waals surface area contributed by atoms with E-state index in [1.165, 1.54) is 0 Å². The lowest BCUT2D eigenvalue weighted by Crippen LogP contribution is -2.42. The Hall–Kier alpha value is -0.650. The summed E-state index contributed by atoms with van der Waals surface area (Å²) < 4.78 is 10.9. The Bertz CT molecular complexity index is 204. The Labute approximate surface area is 104 Å². The standard InChI is InChI=1S/C12H26N2O3/c1-5-16-12(17-6-2)9-14(7-10(3)4)8-11(13)15/h10,12H,5-9H2,1-4H3,(H2,13,15). The maximum Gasteiger partial charge on any atom is 0.231 e. The summed E-state index contributed by atoms with van der Waals surface area (Å²) >= 11 is 0. The van der Waals surface area contributed by atoms with Gasteiger partial charge in [0, 0.05) is 19.8 Å². The van der Waals surface area contributed by atoms with Gasteiger partial charge in [-0.25, -0.2) is 0 Å². The summed E-state index contributed by atoms with van der Waals surface area (Å²) in [6.45, 7) is 10.9. The van der Waals surface area contributed by atoms with Crippen molar-refractivity contribution >= 4 is 5.91 Å². The van der Waals surface area contributed by atoms with Gasteiger partial charge >= 0.3 is 0 Å². The summed E-state index contributed by atoms with van der Waals surface area (Å²) in [4.78, 5) is 13.0. The van der Waals surface area contributed by atoms with Crippen molar-refractivity contribution in [1.29, 1.82) is 0 Å². The molecule has 2 N–H and O–H groups in total. The fourth-order valence-electron chi connectivity index (χ4n) is 1.68. The Morgan fingerprint density at radius 2 is 1.71 bits per heavy atom. The zero-order chi connectivity index (χ0) is 13.3. The first-order chi connectivity index (χ1) is 7.99. The van der Waals surface area contributed by atoms with E-state index in [0.717, 1.165) is 6.54 Å². The number of primary amides is 1. The maximum absolute atomic E-state index is 11.0. The molecule has 0 rings (SSSR count). The molecule has 0 aliphatic rings. The molecule has 0 unspecified atom stereocenters. The lowest BCUT2D eigenvalue weighted by molar-refractivity contribution is -0.149. The average molecular weight is 246 g/mol. The summed E-state index contributed by atoms with van der Waals surface area (Å²) in [5.41, 5.74) is 5.23. The van der Waals surface area contributed by atoms with Crippen LogP contribution in [0.15, 0.2) is 0 Å². The van der Waals surface area contributed by atoms with E-state index in [1.54, 1.807) is 0 Å². The highest BCUT2D eigenvalue weighted by atomic mass is 16.7. The lowest BCUT2D eigenvalue weighted by Gasteiger charge is -2.27. The summed E-state index contributed by atoms with van der Waals surface area (Å²) in [6.07, 6.45) is -0.289. The molecule has 1 amide bonds. The van der Waals surface area contributed by atoms with E-state index in [0.29, 0.717) is 25.7 Å². The second kappa shape index (κ2) is 9.39. The molecule has 0 aliphatic heterocycles. The van der Waals surface area contributed by atoms with Crippen molar-refractivity contribution < 1.29 is 14.3 Å². The molecule has 0 aromatic carbocycles. The van der Waals surface area contributed by atoms with Gasteiger partial charge < -0.3 is 15.2 Å². The van der Waals surface area contributed by atoms with Crippen molar-refractivity contribution in [1.82, 2.24) is 4.90 Å². The van der Waals surface area contributed by atoms with E-state index in [2.05, 4.69) is 13.8 Å². The predicted molar refractivity (Wildman–Crippen MR) is 67.5 cm³/mol. The van der Waals surface area contributed by atoms with Gasteiger partial charge in [-0.05, 0) is 19.8 Å². The first kappa shape index (κ1) is 16.4. The van der Waals surface area contributed by atoms with Gasteiger partial charge in [-0.15, -0.1) is 0 Å². The minimum absolute atomic E-state index is 0.245. The zero-order valence-corrected chi connectivity index (χ0v) is 11.4. The van der Waals surface area contributed by atoms with Crippen molar-refractivity contribution in [3.05, 3.63) is 0 Å². The van der Waals surface area contributed by atoms with Gasteiger partial charge in [0.15, 0.2) is 6.29 Å². The Kier molecular flexibility index (Phi) is 9.03. The van der Waals surface area contributed by atoms with Gasteiger partial charge in [-0.3, -0.25) is 9.69 Å². The molecule has 0 atom stereocenters. The van der Waals surface area contributed by atoms with Crippen LogP contribution in [0.1, 0.15) is 27.7 Å².